The molecule has 0 fully saturated rings. The molecule has 0 heterocycles. The van der Waals surface area contributed by atoms with Gasteiger partial charge in [0.15, 0.2) is 0 Å². The number of nitrogens with two attached hydrogens (primary N) is 1. The van der Waals surface area contributed by atoms with Crippen molar-refractivity contribution < 1.29 is 8.42 Å². The Bertz CT molecular complexity index is 524. The first-order chi connectivity index (χ1) is 8.79. The normalized spacial score (nSPS) is 13.8. The first kappa shape index (κ1) is 16.1. The maximum Gasteiger partial charge on any atom is 0.240 e. The summed E-state index contributed by atoms with van der Waals surface area (Å²) in [5.41, 5.74) is 7.20. The Balaban J connectivity index is 2.95. The van der Waals surface area contributed by atoms with E-state index >= 15 is 0 Å². The highest BCUT2D eigenvalue weighted by Crippen LogP contribution is 2.19. The lowest BCUT2D eigenvalue weighted by atomic mass is 9.99. The second-order valence-electron chi connectivity index (χ2n) is 5.32. The molecule has 0 spiro atoms. The summed E-state index contributed by atoms with van der Waals surface area (Å²) in [6.45, 7) is 8.79. The van der Waals surface area contributed by atoms with E-state index in [0.29, 0.717) is 29.8 Å². The highest BCUT2D eigenvalue weighted by molar-refractivity contribution is 7.89. The molecule has 1 atom stereocenters. The van der Waals surface area contributed by atoms with Crippen LogP contribution in [-0.4, -0.2) is 15.0 Å². The summed E-state index contributed by atoms with van der Waals surface area (Å²) in [7, 11) is -3.46. The molecule has 0 radical (unpaired) electrons. The van der Waals surface area contributed by atoms with E-state index in [1.807, 2.05) is 13.0 Å². The van der Waals surface area contributed by atoms with Gasteiger partial charge < -0.3 is 5.73 Å². The lowest BCUT2D eigenvalue weighted by molar-refractivity contribution is 0.414. The lowest BCUT2D eigenvalue weighted by Crippen LogP contribution is -2.30. The molecule has 0 aliphatic heterocycles. The number of sulfonamides is 1. The molecule has 108 valence electrons. The zero-order valence-corrected chi connectivity index (χ0v) is 12.9. The summed E-state index contributed by atoms with van der Waals surface area (Å²) < 4.78 is 27.3. The lowest BCUT2D eigenvalue weighted by Gasteiger charge is -2.17. The molecule has 4 nitrogen and oxygen atoms in total. The van der Waals surface area contributed by atoms with Gasteiger partial charge >= 0.3 is 0 Å². The Hall–Kier alpha value is -0.910. The fourth-order valence-corrected chi connectivity index (χ4v) is 3.16. The molecule has 5 heteroatoms. The Labute approximate surface area is 116 Å². The van der Waals surface area contributed by atoms with E-state index in [0.717, 1.165) is 11.1 Å². The molecule has 0 amide bonds. The molecular formula is C14H24N2O2S. The average molecular weight is 284 g/mol. The van der Waals surface area contributed by atoms with Gasteiger partial charge in [-0.05, 0) is 36.0 Å². The molecular weight excluding hydrogens is 260 g/mol. The van der Waals surface area contributed by atoms with Gasteiger partial charge in [-0.25, -0.2) is 13.1 Å². The van der Waals surface area contributed by atoms with E-state index in [2.05, 4.69) is 18.6 Å². The van der Waals surface area contributed by atoms with Crippen LogP contribution in [0.4, 0.5) is 0 Å². The Morgan fingerprint density at radius 3 is 2.42 bits per heavy atom. The second kappa shape index (κ2) is 6.50. The van der Waals surface area contributed by atoms with Gasteiger partial charge in [0.1, 0.15) is 0 Å². The van der Waals surface area contributed by atoms with Gasteiger partial charge in [0, 0.05) is 13.1 Å². The smallest absolute Gasteiger partial charge is 0.240 e. The van der Waals surface area contributed by atoms with E-state index in [1.54, 1.807) is 19.1 Å². The molecule has 3 N–H and O–H groups in total. The van der Waals surface area contributed by atoms with Crippen molar-refractivity contribution in [1.29, 1.82) is 0 Å². The quantitative estimate of drug-likeness (QED) is 0.839. The molecule has 0 saturated carbocycles. The molecule has 1 unspecified atom stereocenters. The second-order valence-corrected chi connectivity index (χ2v) is 7.05. The van der Waals surface area contributed by atoms with E-state index in [9.17, 15) is 8.42 Å². The van der Waals surface area contributed by atoms with Gasteiger partial charge in [-0.2, -0.15) is 0 Å². The predicted octanol–water partition coefficient (Wildman–Crippen LogP) is 2.02. The summed E-state index contributed by atoms with van der Waals surface area (Å²) in [5, 5.41) is 0. The number of benzene rings is 1. The summed E-state index contributed by atoms with van der Waals surface area (Å²) in [5.74, 6) is 0.743. The predicted molar refractivity (Wildman–Crippen MR) is 78.3 cm³/mol. The van der Waals surface area contributed by atoms with Gasteiger partial charge in [-0.15, -0.1) is 0 Å². The highest BCUT2D eigenvalue weighted by atomic mass is 32.2. The fourth-order valence-electron chi connectivity index (χ4n) is 1.73. The topological polar surface area (TPSA) is 72.2 Å². The van der Waals surface area contributed by atoms with Crippen LogP contribution < -0.4 is 10.5 Å². The van der Waals surface area contributed by atoms with Crippen LogP contribution in [0.5, 0.6) is 0 Å². The van der Waals surface area contributed by atoms with Crippen LogP contribution in [0, 0.1) is 18.8 Å². The van der Waals surface area contributed by atoms with Crippen LogP contribution >= 0.6 is 0 Å². The highest BCUT2D eigenvalue weighted by Gasteiger charge is 2.19. The molecule has 0 bridgehead atoms. The Morgan fingerprint density at radius 1 is 1.26 bits per heavy atom. The summed E-state index contributed by atoms with van der Waals surface area (Å²) in [4.78, 5) is 0.325. The zero-order valence-electron chi connectivity index (χ0n) is 12.1. The van der Waals surface area contributed by atoms with Crippen LogP contribution in [0.2, 0.25) is 0 Å². The molecule has 0 aliphatic carbocycles. The van der Waals surface area contributed by atoms with Crippen molar-refractivity contribution in [2.75, 3.05) is 6.54 Å². The van der Waals surface area contributed by atoms with Crippen molar-refractivity contribution in [1.82, 2.24) is 4.72 Å². The fraction of sp³-hybridized carbons (Fsp3) is 0.571. The summed E-state index contributed by atoms with van der Waals surface area (Å²) in [6, 6.07) is 5.21. The van der Waals surface area contributed by atoms with Gasteiger partial charge in [0.2, 0.25) is 10.0 Å². The van der Waals surface area contributed by atoms with Crippen molar-refractivity contribution >= 4 is 10.0 Å². The number of hydrogen-bond acceptors (Lipinski definition) is 3. The average Bonchev–Trinajstić information content (AvgIpc) is 2.35. The van der Waals surface area contributed by atoms with Crippen LogP contribution in [0.25, 0.3) is 0 Å². The number of nitrogens with one attached hydrogen (secondary N) is 1. The van der Waals surface area contributed by atoms with Crippen molar-refractivity contribution in [3.05, 3.63) is 29.3 Å². The third-order valence-electron chi connectivity index (χ3n) is 3.64. The van der Waals surface area contributed by atoms with E-state index in [-0.39, 0.29) is 0 Å². The van der Waals surface area contributed by atoms with E-state index < -0.39 is 10.0 Å². The largest absolute Gasteiger partial charge is 0.326 e. The Morgan fingerprint density at radius 2 is 1.89 bits per heavy atom. The van der Waals surface area contributed by atoms with Crippen LogP contribution in [0.3, 0.4) is 0 Å². The van der Waals surface area contributed by atoms with Gasteiger partial charge in [0.05, 0.1) is 4.90 Å². The number of rotatable bonds is 6. The third kappa shape index (κ3) is 4.03. The van der Waals surface area contributed by atoms with Gasteiger partial charge in [0.25, 0.3) is 0 Å². The van der Waals surface area contributed by atoms with E-state index in [4.69, 9.17) is 5.73 Å². The van der Waals surface area contributed by atoms with Crippen LogP contribution in [0.1, 0.15) is 31.9 Å². The van der Waals surface area contributed by atoms with Crippen LogP contribution in [0.15, 0.2) is 23.1 Å². The summed E-state index contributed by atoms with van der Waals surface area (Å²) >= 11 is 0. The van der Waals surface area contributed by atoms with Crippen molar-refractivity contribution in [3.63, 3.8) is 0 Å². The SMILES string of the molecule is Cc1c(CN)cccc1S(=O)(=O)NCC(C)C(C)C. The summed E-state index contributed by atoms with van der Waals surface area (Å²) in [6.07, 6.45) is 0. The number of hydrogen-bond donors (Lipinski definition) is 2. The third-order valence-corrected chi connectivity index (χ3v) is 5.21. The standard InChI is InChI=1S/C14H24N2O2S/c1-10(2)11(3)9-16-19(17,18)14-7-5-6-13(8-15)12(14)4/h5-7,10-11,16H,8-9,15H2,1-4H3. The molecule has 1 rings (SSSR count). The molecule has 1 aromatic carbocycles. The van der Waals surface area contributed by atoms with Crippen molar-refractivity contribution in [2.24, 2.45) is 17.6 Å². The van der Waals surface area contributed by atoms with Crippen molar-refractivity contribution in [3.8, 4) is 0 Å². The molecule has 0 aromatic heterocycles. The van der Waals surface area contributed by atoms with Crippen LogP contribution in [-0.2, 0) is 16.6 Å². The van der Waals surface area contributed by atoms with E-state index in [1.165, 1.54) is 0 Å². The maximum absolute atomic E-state index is 12.3. The van der Waals surface area contributed by atoms with Gasteiger partial charge in [-0.1, -0.05) is 32.9 Å². The first-order valence-electron chi connectivity index (χ1n) is 6.57. The monoisotopic (exact) mass is 284 g/mol. The molecule has 19 heavy (non-hydrogen) atoms. The van der Waals surface area contributed by atoms with Gasteiger partial charge in [-0.3, -0.25) is 0 Å². The van der Waals surface area contributed by atoms with Crippen molar-refractivity contribution in [2.45, 2.75) is 39.1 Å². The Kier molecular flexibility index (Phi) is 5.52. The molecule has 1 aromatic rings. The minimum Gasteiger partial charge on any atom is -0.326 e. The first-order valence-corrected chi connectivity index (χ1v) is 8.06. The molecule has 0 aliphatic rings. The maximum atomic E-state index is 12.3. The minimum absolute atomic E-state index is 0.299. The zero-order chi connectivity index (χ0) is 14.6. The minimum atomic E-state index is -3.46. The molecule has 0 saturated heterocycles.